The standard InChI is InChI=1S/C13H17N7O6S2/c14-11-17-12(19-13(18-11)20-5-3-15-4-6-20)16-9-7-8(28(22,23)24)1-2-10(9)27-26-25-21/h1-2,7,15,21H,3-6H2,(H,22,23,24)(H3,14,16,17,18,19). The minimum atomic E-state index is -4.45. The smallest absolute Gasteiger partial charge is 0.294 e. The minimum absolute atomic E-state index is 0.0267. The number of hydrogen-bond donors (Lipinski definition) is 5. The highest BCUT2D eigenvalue weighted by molar-refractivity contribution is 7.94. The van der Waals surface area contributed by atoms with Gasteiger partial charge in [0, 0.05) is 26.2 Å². The molecule has 1 aliphatic rings. The quantitative estimate of drug-likeness (QED) is 0.174. The van der Waals surface area contributed by atoms with Crippen LogP contribution >= 0.6 is 12.0 Å². The van der Waals surface area contributed by atoms with E-state index in [-0.39, 0.29) is 22.5 Å². The van der Waals surface area contributed by atoms with Crippen molar-refractivity contribution in [3.8, 4) is 0 Å². The van der Waals surface area contributed by atoms with Crippen LogP contribution in [0.4, 0.5) is 23.5 Å². The summed E-state index contributed by atoms with van der Waals surface area (Å²) < 4.78 is 36.5. The third kappa shape index (κ3) is 5.16. The van der Waals surface area contributed by atoms with Crippen LogP contribution in [0.1, 0.15) is 0 Å². The fourth-order valence-electron chi connectivity index (χ4n) is 2.46. The van der Waals surface area contributed by atoms with Crippen molar-refractivity contribution in [2.75, 3.05) is 42.1 Å². The van der Waals surface area contributed by atoms with Gasteiger partial charge in [-0.05, 0) is 18.2 Å². The molecule has 2 aromatic rings. The number of benzene rings is 1. The normalized spacial score (nSPS) is 14.9. The summed E-state index contributed by atoms with van der Waals surface area (Å²) in [5, 5.41) is 17.9. The van der Waals surface area contributed by atoms with E-state index in [0.717, 1.165) is 25.2 Å². The lowest BCUT2D eigenvalue weighted by molar-refractivity contribution is -0.432. The average molecular weight is 431 g/mol. The highest BCUT2D eigenvalue weighted by Crippen LogP contribution is 2.32. The van der Waals surface area contributed by atoms with Crippen LogP contribution in [0.15, 0.2) is 28.0 Å². The first-order valence-corrected chi connectivity index (χ1v) is 10.1. The molecule has 0 saturated carbocycles. The molecule has 0 radical (unpaired) electrons. The predicted molar refractivity (Wildman–Crippen MR) is 99.5 cm³/mol. The van der Waals surface area contributed by atoms with E-state index >= 15 is 0 Å². The maximum atomic E-state index is 11.4. The van der Waals surface area contributed by atoms with Crippen molar-refractivity contribution < 1.29 is 27.6 Å². The zero-order valence-corrected chi connectivity index (χ0v) is 15.9. The molecule has 28 heavy (non-hydrogen) atoms. The Hall–Kier alpha value is -2.27. The molecule has 3 rings (SSSR count). The van der Waals surface area contributed by atoms with Gasteiger partial charge < -0.3 is 21.3 Å². The Morgan fingerprint density at radius 2 is 2.00 bits per heavy atom. The van der Waals surface area contributed by atoms with E-state index in [1.165, 1.54) is 6.07 Å². The third-order valence-electron chi connectivity index (χ3n) is 3.69. The van der Waals surface area contributed by atoms with Gasteiger partial charge in [0.2, 0.25) is 17.8 Å². The van der Waals surface area contributed by atoms with Crippen LogP contribution in [0.25, 0.3) is 0 Å². The number of hydrogen-bond acceptors (Lipinski definition) is 13. The van der Waals surface area contributed by atoms with E-state index in [1.807, 2.05) is 4.90 Å². The van der Waals surface area contributed by atoms with Crippen LogP contribution in [0.3, 0.4) is 0 Å². The van der Waals surface area contributed by atoms with Gasteiger partial charge in [0.15, 0.2) is 0 Å². The molecule has 0 bridgehead atoms. The van der Waals surface area contributed by atoms with Gasteiger partial charge in [-0.25, -0.2) is 5.26 Å². The second-order valence-electron chi connectivity index (χ2n) is 5.54. The summed E-state index contributed by atoms with van der Waals surface area (Å²) in [6, 6.07) is 3.62. The highest BCUT2D eigenvalue weighted by atomic mass is 32.2. The van der Waals surface area contributed by atoms with Gasteiger partial charge in [-0.2, -0.15) is 23.4 Å². The van der Waals surface area contributed by atoms with Gasteiger partial charge in [0.25, 0.3) is 10.1 Å². The molecule has 1 aromatic carbocycles. The first-order valence-electron chi connectivity index (χ1n) is 7.87. The summed E-state index contributed by atoms with van der Waals surface area (Å²) in [6.45, 7) is 2.90. The monoisotopic (exact) mass is 431 g/mol. The molecule has 0 amide bonds. The van der Waals surface area contributed by atoms with Crippen molar-refractivity contribution in [3.05, 3.63) is 18.2 Å². The number of rotatable bonds is 7. The van der Waals surface area contributed by atoms with E-state index in [2.05, 4.69) is 35.0 Å². The molecule has 1 saturated heterocycles. The molecule has 13 nitrogen and oxygen atoms in total. The SMILES string of the molecule is Nc1nc(Nc2cc(S(=O)(=O)O)ccc2SOOO)nc(N2CCNCC2)n1. The predicted octanol–water partition coefficient (Wildman–Crippen LogP) is 0.282. The van der Waals surface area contributed by atoms with Crippen LogP contribution in [0.5, 0.6) is 0 Å². The zero-order chi connectivity index (χ0) is 20.1. The molecular weight excluding hydrogens is 414 g/mol. The van der Waals surface area contributed by atoms with Gasteiger partial charge in [0.05, 0.1) is 27.5 Å². The van der Waals surface area contributed by atoms with Crippen LogP contribution in [0.2, 0.25) is 0 Å². The molecule has 1 fully saturated rings. The van der Waals surface area contributed by atoms with Crippen LogP contribution < -0.4 is 21.3 Å². The van der Waals surface area contributed by atoms with Gasteiger partial charge in [-0.3, -0.25) is 4.55 Å². The molecule has 152 valence electrons. The zero-order valence-electron chi connectivity index (χ0n) is 14.3. The van der Waals surface area contributed by atoms with Crippen molar-refractivity contribution in [1.29, 1.82) is 0 Å². The molecular formula is C13H17N7O6S2. The lowest BCUT2D eigenvalue weighted by Crippen LogP contribution is -2.44. The number of piperazine rings is 1. The summed E-state index contributed by atoms with van der Waals surface area (Å²) in [6.07, 6.45) is 0. The summed E-state index contributed by atoms with van der Waals surface area (Å²) in [7, 11) is -4.45. The first-order chi connectivity index (χ1) is 13.4. The van der Waals surface area contributed by atoms with Crippen LogP contribution in [-0.4, -0.2) is 59.4 Å². The Kier molecular flexibility index (Phi) is 6.45. The lowest BCUT2D eigenvalue weighted by atomic mass is 10.3. The fourth-order valence-corrected chi connectivity index (χ4v) is 3.39. The van der Waals surface area contributed by atoms with Crippen LogP contribution in [-0.2, 0) is 19.5 Å². The molecule has 1 aliphatic heterocycles. The van der Waals surface area contributed by atoms with Crippen molar-refractivity contribution in [3.63, 3.8) is 0 Å². The second kappa shape index (κ2) is 8.82. The number of nitrogens with one attached hydrogen (secondary N) is 2. The van der Waals surface area contributed by atoms with Gasteiger partial charge in [-0.15, -0.1) is 4.33 Å². The number of nitrogens with two attached hydrogens (primary N) is 1. The second-order valence-corrected chi connectivity index (χ2v) is 7.70. The summed E-state index contributed by atoms with van der Waals surface area (Å²) in [5.41, 5.74) is 5.93. The largest absolute Gasteiger partial charge is 0.368 e. The molecule has 0 atom stereocenters. The van der Waals surface area contributed by atoms with Crippen molar-refractivity contribution >= 4 is 45.7 Å². The first kappa shape index (κ1) is 20.5. The molecule has 6 N–H and O–H groups in total. The summed E-state index contributed by atoms with van der Waals surface area (Å²) in [5.74, 6) is 0.396. The number of nitrogen functional groups attached to an aromatic ring is 1. The summed E-state index contributed by atoms with van der Waals surface area (Å²) in [4.78, 5) is 14.3. The van der Waals surface area contributed by atoms with Crippen molar-refractivity contribution in [1.82, 2.24) is 20.3 Å². The number of aromatic nitrogens is 3. The Labute approximate surface area is 164 Å². The number of anilines is 4. The molecule has 0 aliphatic carbocycles. The van der Waals surface area contributed by atoms with E-state index in [9.17, 15) is 13.0 Å². The van der Waals surface area contributed by atoms with Gasteiger partial charge >= 0.3 is 0 Å². The maximum Gasteiger partial charge on any atom is 0.294 e. The van der Waals surface area contributed by atoms with E-state index in [4.69, 9.17) is 11.0 Å². The maximum absolute atomic E-state index is 11.4. The molecule has 0 unspecified atom stereocenters. The third-order valence-corrected chi connectivity index (χ3v) is 5.20. The van der Waals surface area contributed by atoms with E-state index in [0.29, 0.717) is 36.0 Å². The number of nitrogens with zero attached hydrogens (tertiary/aromatic N) is 4. The highest BCUT2D eigenvalue weighted by Gasteiger charge is 2.18. The molecule has 15 heteroatoms. The topological polar surface area (TPSA) is 185 Å². The molecule has 0 spiro atoms. The van der Waals surface area contributed by atoms with Crippen molar-refractivity contribution in [2.24, 2.45) is 0 Å². The van der Waals surface area contributed by atoms with Crippen LogP contribution in [0, 0.1) is 0 Å². The summed E-state index contributed by atoms with van der Waals surface area (Å²) >= 11 is 0.590. The van der Waals surface area contributed by atoms with Gasteiger partial charge in [0.1, 0.15) is 0 Å². The van der Waals surface area contributed by atoms with E-state index in [1.54, 1.807) is 0 Å². The Morgan fingerprint density at radius 3 is 2.68 bits per heavy atom. The molecule has 1 aromatic heterocycles. The lowest BCUT2D eigenvalue weighted by Gasteiger charge is -2.27. The van der Waals surface area contributed by atoms with E-state index < -0.39 is 10.1 Å². The average Bonchev–Trinajstić information content (AvgIpc) is 2.66. The Morgan fingerprint density at radius 1 is 1.25 bits per heavy atom. The Bertz CT molecular complexity index is 939. The fraction of sp³-hybridized carbons (Fsp3) is 0.308. The minimum Gasteiger partial charge on any atom is -0.368 e. The van der Waals surface area contributed by atoms with Crippen molar-refractivity contribution in [2.45, 2.75) is 9.79 Å². The molecule has 2 heterocycles. The Balaban J connectivity index is 1.93. The van der Waals surface area contributed by atoms with Gasteiger partial charge in [-0.1, -0.05) is 5.04 Å².